The maximum atomic E-state index is 10.6. The molecule has 0 spiro atoms. The molecule has 1 atom stereocenters. The fourth-order valence-corrected chi connectivity index (χ4v) is 1.58. The van der Waals surface area contributed by atoms with E-state index in [0.29, 0.717) is 6.42 Å². The number of carboxylic acids is 1. The second-order valence-electron chi connectivity index (χ2n) is 4.20. The van der Waals surface area contributed by atoms with Crippen molar-refractivity contribution in [3.8, 4) is 0 Å². The van der Waals surface area contributed by atoms with E-state index in [9.17, 15) is 4.79 Å². The number of hydrogen-bond acceptors (Lipinski definition) is 3. The summed E-state index contributed by atoms with van der Waals surface area (Å²) in [7, 11) is 0. The van der Waals surface area contributed by atoms with Crippen molar-refractivity contribution in [3.63, 3.8) is 0 Å². The number of halogens is 2. The number of aliphatic carboxylic acids is 1. The maximum absolute atomic E-state index is 10.6. The number of nitrogens with two attached hydrogens (primary N) is 1. The molecule has 0 radical (unpaired) electrons. The van der Waals surface area contributed by atoms with Gasteiger partial charge in [0.1, 0.15) is 6.04 Å². The van der Waals surface area contributed by atoms with Gasteiger partial charge < -0.3 is 16.2 Å². The standard InChI is InChI=1S/C14H20N2O2.2ClH/c1-2-3-4-9-16-12-7-5-11(6-8-12)10-13(15)14(17)18;;/h2,5-8,13,16H,1,3-4,9-10,15H2,(H,17,18);2*1H. The zero-order valence-electron chi connectivity index (χ0n) is 11.2. The summed E-state index contributed by atoms with van der Waals surface area (Å²) in [5, 5.41) is 12.0. The lowest BCUT2D eigenvalue weighted by atomic mass is 10.1. The molecule has 20 heavy (non-hydrogen) atoms. The van der Waals surface area contributed by atoms with Gasteiger partial charge in [-0.3, -0.25) is 4.79 Å². The first-order valence-corrected chi connectivity index (χ1v) is 6.05. The molecule has 114 valence electrons. The molecule has 0 saturated heterocycles. The van der Waals surface area contributed by atoms with Gasteiger partial charge in [0.05, 0.1) is 0 Å². The average Bonchev–Trinajstić information content (AvgIpc) is 2.36. The molecule has 0 aliphatic rings. The Bertz CT molecular complexity index is 397. The molecule has 1 aromatic carbocycles. The first-order valence-electron chi connectivity index (χ1n) is 6.05. The van der Waals surface area contributed by atoms with E-state index in [-0.39, 0.29) is 24.8 Å². The summed E-state index contributed by atoms with van der Waals surface area (Å²) in [4.78, 5) is 10.6. The van der Waals surface area contributed by atoms with Crippen molar-refractivity contribution < 1.29 is 9.90 Å². The SMILES string of the molecule is C=CCCCNc1ccc(CC(N)C(=O)O)cc1.Cl.Cl. The third kappa shape index (κ3) is 8.04. The van der Waals surface area contributed by atoms with Gasteiger partial charge >= 0.3 is 5.97 Å². The zero-order valence-corrected chi connectivity index (χ0v) is 12.9. The molecular weight excluding hydrogens is 299 g/mol. The van der Waals surface area contributed by atoms with Gasteiger partial charge in [0.2, 0.25) is 0 Å². The fourth-order valence-electron chi connectivity index (χ4n) is 1.58. The van der Waals surface area contributed by atoms with E-state index in [2.05, 4.69) is 11.9 Å². The Balaban J connectivity index is 0. The van der Waals surface area contributed by atoms with Crippen LogP contribution in [0.5, 0.6) is 0 Å². The van der Waals surface area contributed by atoms with Gasteiger partial charge in [-0.2, -0.15) is 0 Å². The number of unbranched alkanes of at least 4 members (excludes halogenated alkanes) is 1. The normalized spacial score (nSPS) is 10.7. The van der Waals surface area contributed by atoms with Crippen LogP contribution < -0.4 is 11.1 Å². The number of carbonyl (C=O) groups is 1. The van der Waals surface area contributed by atoms with Crippen LogP contribution in [0.4, 0.5) is 5.69 Å². The van der Waals surface area contributed by atoms with E-state index in [1.165, 1.54) is 0 Å². The van der Waals surface area contributed by atoms with Crippen LogP contribution in [0.3, 0.4) is 0 Å². The Morgan fingerprint density at radius 2 is 1.95 bits per heavy atom. The topological polar surface area (TPSA) is 75.3 Å². The molecule has 0 amide bonds. The molecular formula is C14H22Cl2N2O2. The molecule has 0 fully saturated rings. The maximum Gasteiger partial charge on any atom is 0.320 e. The number of anilines is 1. The number of allylic oxidation sites excluding steroid dienone is 1. The Labute approximate surface area is 132 Å². The van der Waals surface area contributed by atoms with E-state index in [1.54, 1.807) is 0 Å². The zero-order chi connectivity index (χ0) is 13.4. The highest BCUT2D eigenvalue weighted by molar-refractivity contribution is 5.85. The van der Waals surface area contributed by atoms with Gasteiger partial charge in [-0.25, -0.2) is 0 Å². The minimum absolute atomic E-state index is 0. The molecule has 6 heteroatoms. The molecule has 0 aliphatic heterocycles. The van der Waals surface area contributed by atoms with Crippen molar-refractivity contribution >= 4 is 36.5 Å². The van der Waals surface area contributed by atoms with Gasteiger partial charge in [0.15, 0.2) is 0 Å². The first kappa shape index (κ1) is 21.1. The summed E-state index contributed by atoms with van der Waals surface area (Å²) in [6.07, 6.45) is 4.30. The predicted molar refractivity (Wildman–Crippen MR) is 88.2 cm³/mol. The lowest BCUT2D eigenvalue weighted by Crippen LogP contribution is -2.32. The Morgan fingerprint density at radius 1 is 1.35 bits per heavy atom. The van der Waals surface area contributed by atoms with Crippen LogP contribution in [0.1, 0.15) is 18.4 Å². The quantitative estimate of drug-likeness (QED) is 0.508. The van der Waals surface area contributed by atoms with Gasteiger partial charge in [-0.1, -0.05) is 18.2 Å². The van der Waals surface area contributed by atoms with E-state index in [0.717, 1.165) is 30.6 Å². The lowest BCUT2D eigenvalue weighted by Gasteiger charge is -2.09. The largest absolute Gasteiger partial charge is 0.480 e. The van der Waals surface area contributed by atoms with Crippen molar-refractivity contribution in [3.05, 3.63) is 42.5 Å². The molecule has 0 heterocycles. The second-order valence-corrected chi connectivity index (χ2v) is 4.20. The third-order valence-electron chi connectivity index (χ3n) is 2.64. The monoisotopic (exact) mass is 320 g/mol. The minimum atomic E-state index is -0.971. The van der Waals surface area contributed by atoms with E-state index in [4.69, 9.17) is 10.8 Å². The molecule has 0 aliphatic carbocycles. The lowest BCUT2D eigenvalue weighted by molar-refractivity contribution is -0.138. The second kappa shape index (κ2) is 11.6. The van der Waals surface area contributed by atoms with Crippen LogP contribution >= 0.6 is 24.8 Å². The molecule has 1 aromatic rings. The van der Waals surface area contributed by atoms with Crippen LogP contribution in [0.2, 0.25) is 0 Å². The van der Waals surface area contributed by atoms with Crippen LogP contribution in [-0.4, -0.2) is 23.7 Å². The molecule has 0 saturated carbocycles. The summed E-state index contributed by atoms with van der Waals surface area (Å²) in [5.74, 6) is -0.971. The Kier molecular flexibility index (Phi) is 12.2. The van der Waals surface area contributed by atoms with E-state index in [1.807, 2.05) is 30.3 Å². The fraction of sp³-hybridized carbons (Fsp3) is 0.357. The van der Waals surface area contributed by atoms with Gasteiger partial charge in [0.25, 0.3) is 0 Å². The smallest absolute Gasteiger partial charge is 0.320 e. The minimum Gasteiger partial charge on any atom is -0.480 e. The Morgan fingerprint density at radius 3 is 2.45 bits per heavy atom. The van der Waals surface area contributed by atoms with Gasteiger partial charge in [0, 0.05) is 12.2 Å². The summed E-state index contributed by atoms with van der Waals surface area (Å²) >= 11 is 0. The Hall–Kier alpha value is -1.23. The van der Waals surface area contributed by atoms with Crippen molar-refractivity contribution in [2.45, 2.75) is 25.3 Å². The highest BCUT2D eigenvalue weighted by Gasteiger charge is 2.11. The van der Waals surface area contributed by atoms with Crippen LogP contribution in [0, 0.1) is 0 Å². The molecule has 0 bridgehead atoms. The summed E-state index contributed by atoms with van der Waals surface area (Å²) in [6.45, 7) is 4.57. The highest BCUT2D eigenvalue weighted by atomic mass is 35.5. The summed E-state index contributed by atoms with van der Waals surface area (Å²) in [5.41, 5.74) is 7.44. The van der Waals surface area contributed by atoms with Crippen molar-refractivity contribution in [1.82, 2.24) is 0 Å². The van der Waals surface area contributed by atoms with Crippen molar-refractivity contribution in [2.75, 3.05) is 11.9 Å². The average molecular weight is 321 g/mol. The van der Waals surface area contributed by atoms with Gasteiger partial charge in [-0.05, 0) is 37.0 Å². The highest BCUT2D eigenvalue weighted by Crippen LogP contribution is 2.11. The number of carboxylic acid groups (broad SMARTS) is 1. The third-order valence-corrected chi connectivity index (χ3v) is 2.64. The van der Waals surface area contributed by atoms with Crippen LogP contribution in [0.25, 0.3) is 0 Å². The number of hydrogen-bond donors (Lipinski definition) is 3. The molecule has 0 aromatic heterocycles. The van der Waals surface area contributed by atoms with E-state index < -0.39 is 12.0 Å². The predicted octanol–water partition coefficient (Wildman–Crippen LogP) is 2.86. The van der Waals surface area contributed by atoms with Crippen molar-refractivity contribution in [2.24, 2.45) is 5.73 Å². The van der Waals surface area contributed by atoms with Gasteiger partial charge in [-0.15, -0.1) is 31.4 Å². The molecule has 1 unspecified atom stereocenters. The van der Waals surface area contributed by atoms with E-state index >= 15 is 0 Å². The number of benzene rings is 1. The molecule has 1 rings (SSSR count). The summed E-state index contributed by atoms with van der Waals surface area (Å²) in [6, 6.07) is 6.85. The molecule has 4 nitrogen and oxygen atoms in total. The van der Waals surface area contributed by atoms with Crippen LogP contribution in [-0.2, 0) is 11.2 Å². The molecule has 4 N–H and O–H groups in total. The number of rotatable bonds is 8. The van der Waals surface area contributed by atoms with Crippen LogP contribution in [0.15, 0.2) is 36.9 Å². The first-order chi connectivity index (χ1) is 8.63. The van der Waals surface area contributed by atoms with Crippen molar-refractivity contribution in [1.29, 1.82) is 0 Å². The number of nitrogens with one attached hydrogen (secondary N) is 1. The summed E-state index contributed by atoms with van der Waals surface area (Å²) < 4.78 is 0.